The van der Waals surface area contributed by atoms with E-state index >= 15 is 0 Å². The van der Waals surface area contributed by atoms with Gasteiger partial charge in [0, 0.05) is 36.6 Å². The highest BCUT2D eigenvalue weighted by Gasteiger charge is 2.55. The van der Waals surface area contributed by atoms with Crippen molar-refractivity contribution in [1.29, 1.82) is 0 Å². The maximum absolute atomic E-state index is 14.8. The Morgan fingerprint density at radius 1 is 1.04 bits per heavy atom. The lowest BCUT2D eigenvalue weighted by atomic mass is 10.1. The molecule has 0 amide bonds. The van der Waals surface area contributed by atoms with Crippen LogP contribution >= 0.6 is 7.59 Å². The Kier molecular flexibility index (Phi) is 4.63. The number of rotatable bonds is 4. The highest BCUT2D eigenvalue weighted by molar-refractivity contribution is 7.61. The number of hydrogen-bond donors (Lipinski definition) is 0. The summed E-state index contributed by atoms with van der Waals surface area (Å²) in [5, 5.41) is 2.41. The van der Waals surface area contributed by atoms with Crippen LogP contribution in [0.2, 0.25) is 0 Å². The molecule has 4 rings (SSSR count). The highest BCUT2D eigenvalue weighted by atomic mass is 31.2. The van der Waals surface area contributed by atoms with E-state index in [2.05, 4.69) is 84.2 Å². The van der Waals surface area contributed by atoms with Gasteiger partial charge < -0.3 is 0 Å². The standard InChI is InChI=1S/C21H30N3OP/c1-16(2)24(17(3)4)26(25)22-14-8-11-19(22)15-23(26)21-13-7-10-18-9-5-6-12-20(18)21/h5-7,9-10,12-13,16-17,19H,8,11,14-15H2,1-4H3/t19-,26?/m0/s1. The minimum Gasteiger partial charge on any atom is -0.297 e. The van der Waals surface area contributed by atoms with Gasteiger partial charge in [-0.3, -0.25) is 9.24 Å². The minimum atomic E-state index is -2.83. The van der Waals surface area contributed by atoms with Crippen LogP contribution in [0.15, 0.2) is 42.5 Å². The summed E-state index contributed by atoms with van der Waals surface area (Å²) in [6.45, 7) is 10.5. The molecule has 2 aliphatic heterocycles. The lowest BCUT2D eigenvalue weighted by Gasteiger charge is -2.43. The summed E-state index contributed by atoms with van der Waals surface area (Å²) in [6, 6.07) is 15.7. The normalized spacial score (nSPS) is 26.6. The number of hydrogen-bond acceptors (Lipinski definition) is 1. The number of nitrogens with zero attached hydrogens (tertiary/aromatic N) is 3. The fraction of sp³-hybridized carbons (Fsp3) is 0.524. The van der Waals surface area contributed by atoms with E-state index in [1.54, 1.807) is 0 Å². The van der Waals surface area contributed by atoms with Gasteiger partial charge in [-0.2, -0.15) is 0 Å². The van der Waals surface area contributed by atoms with Gasteiger partial charge in [0.05, 0.1) is 5.69 Å². The van der Waals surface area contributed by atoms with Crippen molar-refractivity contribution < 1.29 is 4.57 Å². The van der Waals surface area contributed by atoms with Crippen LogP contribution in [-0.4, -0.2) is 40.6 Å². The van der Waals surface area contributed by atoms with E-state index < -0.39 is 7.59 Å². The SMILES string of the molecule is CC(C)N(C(C)C)P1(=O)N(c2cccc3ccccc23)C[C@@H]2CCCN21. The molecule has 26 heavy (non-hydrogen) atoms. The van der Waals surface area contributed by atoms with E-state index in [0.29, 0.717) is 6.04 Å². The molecule has 2 aromatic rings. The molecule has 0 aromatic heterocycles. The molecule has 1 unspecified atom stereocenters. The maximum atomic E-state index is 14.8. The molecule has 0 spiro atoms. The van der Waals surface area contributed by atoms with Crippen molar-refractivity contribution in [3.05, 3.63) is 42.5 Å². The molecule has 2 aliphatic rings. The highest BCUT2D eigenvalue weighted by Crippen LogP contribution is 2.66. The topological polar surface area (TPSA) is 26.8 Å². The first-order valence-electron chi connectivity index (χ1n) is 9.86. The van der Waals surface area contributed by atoms with E-state index in [1.807, 2.05) is 0 Å². The first-order chi connectivity index (χ1) is 12.4. The summed E-state index contributed by atoms with van der Waals surface area (Å²) >= 11 is 0. The lowest BCUT2D eigenvalue weighted by molar-refractivity contribution is 0.270. The number of benzene rings is 2. The van der Waals surface area contributed by atoms with E-state index in [1.165, 1.54) is 10.8 Å². The van der Waals surface area contributed by atoms with E-state index in [0.717, 1.165) is 31.6 Å². The molecule has 2 saturated heterocycles. The Morgan fingerprint density at radius 2 is 1.73 bits per heavy atom. The molecular formula is C21H30N3OP. The van der Waals surface area contributed by atoms with Crippen LogP contribution in [0, 0.1) is 0 Å². The van der Waals surface area contributed by atoms with Gasteiger partial charge in [0.2, 0.25) is 0 Å². The molecule has 140 valence electrons. The Bertz CT molecular complexity index is 837. The Hall–Kier alpha value is -1.35. The summed E-state index contributed by atoms with van der Waals surface area (Å²) in [5.41, 5.74) is 1.12. The van der Waals surface area contributed by atoms with Gasteiger partial charge in [0.25, 0.3) is 0 Å². The van der Waals surface area contributed by atoms with Crippen LogP contribution in [0.4, 0.5) is 5.69 Å². The lowest BCUT2D eigenvalue weighted by Crippen LogP contribution is -2.42. The second-order valence-corrected chi connectivity index (χ2v) is 10.6. The largest absolute Gasteiger partial charge is 0.312 e. The molecule has 0 saturated carbocycles. The third-order valence-corrected chi connectivity index (χ3v) is 9.51. The molecule has 0 radical (unpaired) electrons. The van der Waals surface area contributed by atoms with Crippen molar-refractivity contribution in [2.24, 2.45) is 0 Å². The Balaban J connectivity index is 1.90. The zero-order chi connectivity index (χ0) is 18.5. The summed E-state index contributed by atoms with van der Waals surface area (Å²) in [7, 11) is -2.83. The third-order valence-electron chi connectivity index (χ3n) is 5.78. The van der Waals surface area contributed by atoms with Gasteiger partial charge in [-0.05, 0) is 52.0 Å². The number of anilines is 1. The van der Waals surface area contributed by atoms with Crippen LogP contribution in [0.5, 0.6) is 0 Å². The summed E-state index contributed by atoms with van der Waals surface area (Å²) in [6.07, 6.45) is 2.30. The van der Waals surface area contributed by atoms with Gasteiger partial charge in [-0.15, -0.1) is 0 Å². The number of fused-ring (bicyclic) bond motifs is 2. The van der Waals surface area contributed by atoms with Crippen molar-refractivity contribution >= 4 is 24.1 Å². The van der Waals surface area contributed by atoms with Crippen LogP contribution < -0.4 is 4.67 Å². The second kappa shape index (κ2) is 6.67. The summed E-state index contributed by atoms with van der Waals surface area (Å²) < 4.78 is 21.6. The molecule has 2 heterocycles. The van der Waals surface area contributed by atoms with E-state index in [-0.39, 0.29) is 12.1 Å². The molecule has 0 bridgehead atoms. The first-order valence-corrected chi connectivity index (χ1v) is 11.4. The van der Waals surface area contributed by atoms with Crippen molar-refractivity contribution in [1.82, 2.24) is 9.34 Å². The van der Waals surface area contributed by atoms with Gasteiger partial charge in [0.1, 0.15) is 0 Å². The predicted octanol–water partition coefficient (Wildman–Crippen LogP) is 5.35. The molecule has 5 heteroatoms. The van der Waals surface area contributed by atoms with Crippen LogP contribution in [0.25, 0.3) is 10.8 Å². The summed E-state index contributed by atoms with van der Waals surface area (Å²) in [5.74, 6) is 0. The third kappa shape index (κ3) is 2.62. The minimum absolute atomic E-state index is 0.234. The van der Waals surface area contributed by atoms with E-state index in [4.69, 9.17) is 0 Å². The van der Waals surface area contributed by atoms with E-state index in [9.17, 15) is 4.57 Å². The first kappa shape index (κ1) is 18.0. The zero-order valence-corrected chi connectivity index (χ0v) is 17.2. The molecule has 0 N–H and O–H groups in total. The monoisotopic (exact) mass is 371 g/mol. The van der Waals surface area contributed by atoms with Gasteiger partial charge in [-0.1, -0.05) is 36.4 Å². The molecule has 2 atom stereocenters. The molecular weight excluding hydrogens is 341 g/mol. The van der Waals surface area contributed by atoms with Gasteiger partial charge >= 0.3 is 7.59 Å². The van der Waals surface area contributed by atoms with Crippen LogP contribution in [0.3, 0.4) is 0 Å². The average molecular weight is 371 g/mol. The molecule has 2 aromatic carbocycles. The van der Waals surface area contributed by atoms with Crippen molar-refractivity contribution in [3.8, 4) is 0 Å². The average Bonchev–Trinajstić information content (AvgIpc) is 3.16. The molecule has 2 fully saturated rings. The van der Waals surface area contributed by atoms with Gasteiger partial charge in [0.15, 0.2) is 0 Å². The molecule has 4 nitrogen and oxygen atoms in total. The fourth-order valence-electron chi connectivity index (χ4n) is 4.92. The fourth-order valence-corrected chi connectivity index (χ4v) is 8.79. The van der Waals surface area contributed by atoms with Gasteiger partial charge in [-0.25, -0.2) is 9.34 Å². The Morgan fingerprint density at radius 3 is 2.46 bits per heavy atom. The van der Waals surface area contributed by atoms with Crippen LogP contribution in [-0.2, 0) is 4.57 Å². The quantitative estimate of drug-likeness (QED) is 0.677. The predicted molar refractivity (Wildman–Crippen MR) is 111 cm³/mol. The zero-order valence-electron chi connectivity index (χ0n) is 16.3. The second-order valence-electron chi connectivity index (χ2n) is 8.12. The van der Waals surface area contributed by atoms with Crippen LogP contribution in [0.1, 0.15) is 40.5 Å². The van der Waals surface area contributed by atoms with Crippen molar-refractivity contribution in [2.75, 3.05) is 17.8 Å². The Labute approximate surface area is 157 Å². The molecule has 0 aliphatic carbocycles. The smallest absolute Gasteiger partial charge is 0.297 e. The maximum Gasteiger partial charge on any atom is 0.312 e. The van der Waals surface area contributed by atoms with Crippen molar-refractivity contribution in [2.45, 2.75) is 58.7 Å². The van der Waals surface area contributed by atoms with Crippen molar-refractivity contribution in [3.63, 3.8) is 0 Å². The summed E-state index contributed by atoms with van der Waals surface area (Å²) in [4.78, 5) is 0.